The number of carboxylic acid groups (broad SMARTS) is 1. The van der Waals surface area contributed by atoms with E-state index in [1.54, 1.807) is 0 Å². The first-order valence-corrected chi connectivity index (χ1v) is 6.93. The summed E-state index contributed by atoms with van der Waals surface area (Å²) >= 11 is 0. The minimum Gasteiger partial charge on any atom is -0.481 e. The van der Waals surface area contributed by atoms with E-state index in [9.17, 15) is 9.59 Å². The van der Waals surface area contributed by atoms with Crippen LogP contribution < -0.4 is 5.32 Å². The molecule has 0 heterocycles. The van der Waals surface area contributed by atoms with Crippen molar-refractivity contribution in [3.63, 3.8) is 0 Å². The summed E-state index contributed by atoms with van der Waals surface area (Å²) in [6.45, 7) is 5.16. The lowest BCUT2D eigenvalue weighted by atomic mass is 10.3. The second-order valence-corrected chi connectivity index (χ2v) is 4.63. The van der Waals surface area contributed by atoms with Crippen molar-refractivity contribution in [3.05, 3.63) is 0 Å². The molecule has 8 nitrogen and oxygen atoms in total. The highest BCUT2D eigenvalue weighted by Crippen LogP contribution is 2.07. The van der Waals surface area contributed by atoms with E-state index in [0.717, 1.165) is 0 Å². The number of aliphatic hydroxyl groups is 1. The third kappa shape index (κ3) is 11.0. The van der Waals surface area contributed by atoms with Crippen LogP contribution in [0.1, 0.15) is 33.6 Å². The number of aliphatic hydroxyl groups excluding tert-OH is 1. The van der Waals surface area contributed by atoms with Crippen LogP contribution in [0.15, 0.2) is 0 Å². The number of hydrogen-bond donors (Lipinski definition) is 3. The van der Waals surface area contributed by atoms with Crippen molar-refractivity contribution < 1.29 is 34.0 Å². The molecule has 0 aromatic carbocycles. The molecule has 0 bridgehead atoms. The largest absolute Gasteiger partial charge is 0.481 e. The highest BCUT2D eigenvalue weighted by molar-refractivity contribution is 5.70. The summed E-state index contributed by atoms with van der Waals surface area (Å²) in [7, 11) is 0. The van der Waals surface area contributed by atoms with E-state index in [2.05, 4.69) is 5.32 Å². The molecule has 1 amide bonds. The van der Waals surface area contributed by atoms with Gasteiger partial charge in [0.15, 0.2) is 6.29 Å². The third-order valence-electron chi connectivity index (χ3n) is 2.39. The zero-order chi connectivity index (χ0) is 16.3. The molecule has 0 spiro atoms. The van der Waals surface area contributed by atoms with Crippen molar-refractivity contribution in [1.82, 2.24) is 5.32 Å². The summed E-state index contributed by atoms with van der Waals surface area (Å²) < 4.78 is 15.8. The summed E-state index contributed by atoms with van der Waals surface area (Å²) in [6.07, 6.45) is -1.64. The number of hydrogen-bond acceptors (Lipinski definition) is 6. The Morgan fingerprint density at radius 3 is 2.38 bits per heavy atom. The van der Waals surface area contributed by atoms with Crippen molar-refractivity contribution in [1.29, 1.82) is 0 Å². The van der Waals surface area contributed by atoms with Gasteiger partial charge in [0.05, 0.1) is 25.2 Å². The van der Waals surface area contributed by atoms with Gasteiger partial charge in [0, 0.05) is 6.54 Å². The quantitative estimate of drug-likeness (QED) is 0.482. The van der Waals surface area contributed by atoms with Gasteiger partial charge >= 0.3 is 12.1 Å². The van der Waals surface area contributed by atoms with Crippen LogP contribution in [0.2, 0.25) is 0 Å². The Bertz CT molecular complexity index is 305. The molecule has 0 aromatic rings. The van der Waals surface area contributed by atoms with Crippen molar-refractivity contribution >= 4 is 12.1 Å². The standard InChI is InChI=1S/C13H25NO7/c1-4-10(7-15)21-12(20-9(2)3)8-19-13(18)14-6-5-11(16)17/h9-10,12,15H,4-8H2,1-3H3,(H,14,18)(H,16,17). The first-order chi connectivity index (χ1) is 9.88. The number of nitrogens with one attached hydrogen (secondary N) is 1. The van der Waals surface area contributed by atoms with E-state index < -0.39 is 24.5 Å². The third-order valence-corrected chi connectivity index (χ3v) is 2.39. The van der Waals surface area contributed by atoms with Crippen LogP contribution in [-0.2, 0) is 19.0 Å². The molecule has 0 rings (SSSR count). The average molecular weight is 307 g/mol. The van der Waals surface area contributed by atoms with Gasteiger partial charge in [-0.25, -0.2) is 4.79 Å². The first-order valence-electron chi connectivity index (χ1n) is 6.93. The molecule has 2 atom stereocenters. The lowest BCUT2D eigenvalue weighted by Gasteiger charge is -2.24. The highest BCUT2D eigenvalue weighted by Gasteiger charge is 2.19. The van der Waals surface area contributed by atoms with E-state index in [1.807, 2.05) is 20.8 Å². The zero-order valence-electron chi connectivity index (χ0n) is 12.7. The molecule has 2 unspecified atom stereocenters. The van der Waals surface area contributed by atoms with Gasteiger partial charge in [0.25, 0.3) is 0 Å². The van der Waals surface area contributed by atoms with Crippen molar-refractivity contribution in [2.24, 2.45) is 0 Å². The lowest BCUT2D eigenvalue weighted by molar-refractivity contribution is -0.209. The second kappa shape index (κ2) is 11.3. The van der Waals surface area contributed by atoms with Crippen molar-refractivity contribution in [2.75, 3.05) is 19.8 Å². The fourth-order valence-electron chi connectivity index (χ4n) is 1.36. The molecular weight excluding hydrogens is 282 g/mol. The summed E-state index contributed by atoms with van der Waals surface area (Å²) in [6, 6.07) is 0. The highest BCUT2D eigenvalue weighted by atomic mass is 16.7. The maximum absolute atomic E-state index is 11.4. The predicted octanol–water partition coefficient (Wildman–Crippen LogP) is 0.726. The minimum atomic E-state index is -1.01. The van der Waals surface area contributed by atoms with E-state index in [0.29, 0.717) is 6.42 Å². The molecular formula is C13H25NO7. The van der Waals surface area contributed by atoms with Gasteiger partial charge in [0.2, 0.25) is 0 Å². The van der Waals surface area contributed by atoms with Crippen LogP contribution in [0, 0.1) is 0 Å². The van der Waals surface area contributed by atoms with Gasteiger partial charge in [-0.1, -0.05) is 6.92 Å². The van der Waals surface area contributed by atoms with Crippen LogP contribution in [0.3, 0.4) is 0 Å². The van der Waals surface area contributed by atoms with E-state index >= 15 is 0 Å². The Balaban J connectivity index is 4.15. The van der Waals surface area contributed by atoms with E-state index in [-0.39, 0.29) is 32.3 Å². The number of carbonyl (C=O) groups excluding carboxylic acids is 1. The SMILES string of the molecule is CCC(CO)OC(COC(=O)NCCC(=O)O)OC(C)C. The maximum Gasteiger partial charge on any atom is 0.407 e. The number of aliphatic carboxylic acids is 1. The fraction of sp³-hybridized carbons (Fsp3) is 0.846. The van der Waals surface area contributed by atoms with Gasteiger partial charge in [-0.15, -0.1) is 0 Å². The zero-order valence-corrected chi connectivity index (χ0v) is 12.7. The van der Waals surface area contributed by atoms with Crippen LogP contribution in [0.25, 0.3) is 0 Å². The topological polar surface area (TPSA) is 114 Å². The van der Waals surface area contributed by atoms with Crippen molar-refractivity contribution in [2.45, 2.75) is 52.1 Å². The average Bonchev–Trinajstić information content (AvgIpc) is 2.40. The Kier molecular flexibility index (Phi) is 10.6. The van der Waals surface area contributed by atoms with Gasteiger partial charge < -0.3 is 29.7 Å². The van der Waals surface area contributed by atoms with Crippen LogP contribution in [0.4, 0.5) is 4.79 Å². The van der Waals surface area contributed by atoms with Crippen LogP contribution in [0.5, 0.6) is 0 Å². The number of rotatable bonds is 11. The Hall–Kier alpha value is -1.38. The first kappa shape index (κ1) is 19.6. The van der Waals surface area contributed by atoms with Gasteiger partial charge in [-0.2, -0.15) is 0 Å². The molecule has 0 aliphatic heterocycles. The van der Waals surface area contributed by atoms with Crippen molar-refractivity contribution in [3.8, 4) is 0 Å². The minimum absolute atomic E-state index is 0.0149. The fourth-order valence-corrected chi connectivity index (χ4v) is 1.36. The normalized spacial score (nSPS) is 13.8. The smallest absolute Gasteiger partial charge is 0.407 e. The molecule has 3 N–H and O–H groups in total. The Morgan fingerprint density at radius 1 is 1.24 bits per heavy atom. The summed E-state index contributed by atoms with van der Waals surface area (Å²) in [5, 5.41) is 19.8. The Labute approximate surface area is 124 Å². The number of amides is 1. The summed E-state index contributed by atoms with van der Waals surface area (Å²) in [5.41, 5.74) is 0. The second-order valence-electron chi connectivity index (χ2n) is 4.63. The monoisotopic (exact) mass is 307 g/mol. The molecule has 0 aliphatic carbocycles. The van der Waals surface area contributed by atoms with E-state index in [4.69, 9.17) is 24.4 Å². The summed E-state index contributed by atoms with van der Waals surface area (Å²) in [5.74, 6) is -1.01. The Morgan fingerprint density at radius 2 is 1.90 bits per heavy atom. The van der Waals surface area contributed by atoms with Crippen LogP contribution >= 0.6 is 0 Å². The van der Waals surface area contributed by atoms with Gasteiger partial charge in [-0.05, 0) is 20.3 Å². The number of ether oxygens (including phenoxy) is 3. The predicted molar refractivity (Wildman–Crippen MR) is 73.9 cm³/mol. The molecule has 0 saturated heterocycles. The number of alkyl carbamates (subject to hydrolysis) is 1. The molecule has 124 valence electrons. The molecule has 0 radical (unpaired) electrons. The maximum atomic E-state index is 11.4. The van der Waals surface area contributed by atoms with Gasteiger partial charge in [-0.3, -0.25) is 4.79 Å². The molecule has 0 fully saturated rings. The van der Waals surface area contributed by atoms with Crippen LogP contribution in [-0.4, -0.2) is 60.5 Å². The molecule has 0 saturated carbocycles. The lowest BCUT2D eigenvalue weighted by Crippen LogP contribution is -2.35. The number of carboxylic acids is 1. The van der Waals surface area contributed by atoms with Gasteiger partial charge in [0.1, 0.15) is 6.61 Å². The molecule has 8 heteroatoms. The molecule has 21 heavy (non-hydrogen) atoms. The molecule has 0 aliphatic rings. The number of carbonyl (C=O) groups is 2. The summed E-state index contributed by atoms with van der Waals surface area (Å²) in [4.78, 5) is 21.7. The van der Waals surface area contributed by atoms with E-state index in [1.165, 1.54) is 0 Å². The molecule has 0 aromatic heterocycles.